The lowest BCUT2D eigenvalue weighted by Crippen LogP contribution is -2.10. The molecule has 0 fully saturated rings. The lowest BCUT2D eigenvalue weighted by molar-refractivity contribution is -0.114. The van der Waals surface area contributed by atoms with Gasteiger partial charge in [-0.2, -0.15) is 0 Å². The molecule has 0 bridgehead atoms. The molecule has 0 saturated carbocycles. The van der Waals surface area contributed by atoms with E-state index >= 15 is 0 Å². The summed E-state index contributed by atoms with van der Waals surface area (Å²) < 4.78 is 24.0. The van der Waals surface area contributed by atoms with Crippen molar-refractivity contribution in [1.82, 2.24) is 0 Å². The van der Waals surface area contributed by atoms with Gasteiger partial charge in [-0.1, -0.05) is 24.3 Å². The van der Waals surface area contributed by atoms with Crippen LogP contribution in [-0.4, -0.2) is 11.9 Å². The maximum Gasteiger partial charge on any atom is 0.438 e. The summed E-state index contributed by atoms with van der Waals surface area (Å²) in [6, 6.07) is 14.3. The van der Waals surface area contributed by atoms with E-state index in [9.17, 15) is 9.36 Å². The third kappa shape index (κ3) is 4.74. The van der Waals surface area contributed by atoms with E-state index in [0.717, 1.165) is 11.1 Å². The number of benzene rings is 2. The van der Waals surface area contributed by atoms with Crippen LogP contribution in [0.2, 0.25) is 0 Å². The Morgan fingerprint density at radius 2 is 1.41 bits per heavy atom. The molecule has 0 radical (unpaired) electrons. The third-order valence-corrected chi connectivity index (χ3v) is 4.69. The lowest BCUT2D eigenvalue weighted by atomic mass is 10.2. The van der Waals surface area contributed by atoms with Gasteiger partial charge in [-0.3, -0.25) is 4.79 Å². The van der Waals surface area contributed by atoms with Crippen LogP contribution < -0.4 is 9.05 Å². The highest BCUT2D eigenvalue weighted by molar-refractivity contribution is 7.55. The van der Waals surface area contributed by atoms with E-state index in [1.54, 1.807) is 36.4 Å². The Morgan fingerprint density at radius 1 is 0.955 bits per heavy atom. The molecular formula is C17H19O4P. The van der Waals surface area contributed by atoms with E-state index < -0.39 is 7.60 Å². The minimum absolute atomic E-state index is 0.247. The Hall–Kier alpha value is -2.06. The number of carbonyl (C=O) groups excluding carboxylic acids is 1. The highest BCUT2D eigenvalue weighted by atomic mass is 31.2. The molecule has 0 unspecified atom stereocenters. The average molecular weight is 318 g/mol. The predicted octanol–water partition coefficient (Wildman–Crippen LogP) is 4.54. The molecule has 0 heterocycles. The molecule has 0 aromatic heterocycles. The van der Waals surface area contributed by atoms with Crippen LogP contribution in [0.4, 0.5) is 0 Å². The molecule has 0 amide bonds. The highest BCUT2D eigenvalue weighted by Gasteiger charge is 2.30. The van der Waals surface area contributed by atoms with E-state index in [1.165, 1.54) is 6.92 Å². The second-order valence-electron chi connectivity index (χ2n) is 5.29. The Balaban J connectivity index is 2.27. The van der Waals surface area contributed by atoms with Gasteiger partial charge < -0.3 is 9.05 Å². The van der Waals surface area contributed by atoms with E-state index in [2.05, 4.69) is 0 Å². The fourth-order valence-corrected chi connectivity index (χ4v) is 3.60. The van der Waals surface area contributed by atoms with Gasteiger partial charge in [0.15, 0.2) is 0 Å². The first-order valence-electron chi connectivity index (χ1n) is 6.97. The SMILES string of the molecule is CC(=O)CP(=O)(Oc1cccc(C)c1)Oc1cccc(C)c1. The van der Waals surface area contributed by atoms with E-state index in [4.69, 9.17) is 9.05 Å². The summed E-state index contributed by atoms with van der Waals surface area (Å²) in [7, 11) is -3.61. The fraction of sp³-hybridized carbons (Fsp3) is 0.235. The van der Waals surface area contributed by atoms with Crippen molar-refractivity contribution < 1.29 is 18.4 Å². The summed E-state index contributed by atoms with van der Waals surface area (Å²) in [6.07, 6.45) is -0.269. The van der Waals surface area contributed by atoms with Gasteiger partial charge in [0, 0.05) is 0 Å². The Labute approximate surface area is 130 Å². The molecule has 2 aromatic rings. The highest BCUT2D eigenvalue weighted by Crippen LogP contribution is 2.48. The van der Waals surface area contributed by atoms with Gasteiger partial charge in [0.05, 0.1) is 0 Å². The number of hydrogen-bond acceptors (Lipinski definition) is 4. The molecule has 2 rings (SSSR count). The smallest absolute Gasteiger partial charge is 0.416 e. The van der Waals surface area contributed by atoms with Crippen molar-refractivity contribution in [2.45, 2.75) is 20.8 Å². The normalized spacial score (nSPS) is 11.0. The van der Waals surface area contributed by atoms with Gasteiger partial charge in [-0.15, -0.1) is 0 Å². The summed E-state index contributed by atoms with van der Waals surface area (Å²) in [4.78, 5) is 11.4. The molecule has 0 N–H and O–H groups in total. The average Bonchev–Trinajstić information content (AvgIpc) is 2.36. The quantitative estimate of drug-likeness (QED) is 0.734. The van der Waals surface area contributed by atoms with E-state index in [0.29, 0.717) is 11.5 Å². The molecule has 0 aliphatic rings. The Bertz CT molecular complexity index is 673. The summed E-state index contributed by atoms with van der Waals surface area (Å²) in [5.41, 5.74) is 1.95. The van der Waals surface area contributed by atoms with Crippen molar-refractivity contribution in [3.63, 3.8) is 0 Å². The summed E-state index contributed by atoms with van der Waals surface area (Å²) in [6.45, 7) is 5.18. The van der Waals surface area contributed by atoms with E-state index in [1.807, 2.05) is 26.0 Å². The Kier molecular flexibility index (Phi) is 5.04. The van der Waals surface area contributed by atoms with Crippen LogP contribution >= 0.6 is 7.60 Å². The molecule has 22 heavy (non-hydrogen) atoms. The minimum Gasteiger partial charge on any atom is -0.416 e. The number of hydrogen-bond donors (Lipinski definition) is 0. The molecular weight excluding hydrogens is 299 g/mol. The topological polar surface area (TPSA) is 52.6 Å². The summed E-state index contributed by atoms with van der Waals surface area (Å²) in [5, 5.41) is 0. The van der Waals surface area contributed by atoms with Gasteiger partial charge in [-0.25, -0.2) is 4.57 Å². The van der Waals surface area contributed by atoms with Crippen LogP contribution in [0.3, 0.4) is 0 Å². The number of Topliss-reactive ketones (excluding diaryl/α,β-unsaturated/α-hetero) is 1. The monoisotopic (exact) mass is 318 g/mol. The third-order valence-electron chi connectivity index (χ3n) is 2.88. The van der Waals surface area contributed by atoms with Gasteiger partial charge in [0.1, 0.15) is 23.4 Å². The van der Waals surface area contributed by atoms with Crippen LogP contribution in [0.1, 0.15) is 18.1 Å². The summed E-state index contributed by atoms with van der Waals surface area (Å²) >= 11 is 0. The fourth-order valence-electron chi connectivity index (χ4n) is 2.02. The van der Waals surface area contributed by atoms with Crippen LogP contribution in [-0.2, 0) is 9.36 Å². The molecule has 4 nitrogen and oxygen atoms in total. The van der Waals surface area contributed by atoms with Crippen molar-refractivity contribution in [2.24, 2.45) is 0 Å². The molecule has 5 heteroatoms. The number of carbonyl (C=O) groups is 1. The second kappa shape index (κ2) is 6.80. The molecule has 0 spiro atoms. The van der Waals surface area contributed by atoms with Crippen molar-refractivity contribution in [1.29, 1.82) is 0 Å². The van der Waals surface area contributed by atoms with Gasteiger partial charge in [-0.05, 0) is 56.2 Å². The van der Waals surface area contributed by atoms with Gasteiger partial charge in [0.25, 0.3) is 0 Å². The number of ketones is 1. The molecule has 0 saturated heterocycles. The largest absolute Gasteiger partial charge is 0.438 e. The van der Waals surface area contributed by atoms with Crippen LogP contribution in [0.15, 0.2) is 48.5 Å². The first-order valence-corrected chi connectivity index (χ1v) is 8.70. The van der Waals surface area contributed by atoms with Gasteiger partial charge in [0.2, 0.25) is 0 Å². The van der Waals surface area contributed by atoms with Gasteiger partial charge >= 0.3 is 7.60 Å². The Morgan fingerprint density at radius 3 is 1.77 bits per heavy atom. The van der Waals surface area contributed by atoms with Crippen molar-refractivity contribution >= 4 is 13.4 Å². The molecule has 0 atom stereocenters. The number of rotatable bonds is 6. The second-order valence-corrected chi connectivity index (χ2v) is 7.19. The maximum atomic E-state index is 12.9. The van der Waals surface area contributed by atoms with Crippen molar-refractivity contribution in [2.75, 3.05) is 6.16 Å². The first kappa shape index (κ1) is 16.3. The zero-order valence-electron chi connectivity index (χ0n) is 12.9. The van der Waals surface area contributed by atoms with Crippen LogP contribution in [0.5, 0.6) is 11.5 Å². The molecule has 0 aliphatic heterocycles. The van der Waals surface area contributed by atoms with E-state index in [-0.39, 0.29) is 11.9 Å². The van der Waals surface area contributed by atoms with Crippen molar-refractivity contribution in [3.8, 4) is 11.5 Å². The minimum atomic E-state index is -3.61. The van der Waals surface area contributed by atoms with Crippen LogP contribution in [0.25, 0.3) is 0 Å². The molecule has 2 aromatic carbocycles. The van der Waals surface area contributed by atoms with Crippen molar-refractivity contribution in [3.05, 3.63) is 59.7 Å². The zero-order chi connectivity index (χ0) is 16.2. The first-order chi connectivity index (χ1) is 10.4. The molecule has 116 valence electrons. The lowest BCUT2D eigenvalue weighted by Gasteiger charge is -2.19. The van der Waals surface area contributed by atoms with Crippen LogP contribution in [0, 0.1) is 13.8 Å². The molecule has 0 aliphatic carbocycles. The maximum absolute atomic E-state index is 12.9. The standard InChI is InChI=1S/C17H19O4P/c1-13-6-4-8-16(10-13)20-22(19,12-15(3)18)21-17-9-5-7-14(2)11-17/h4-11H,12H2,1-3H3. The zero-order valence-corrected chi connectivity index (χ0v) is 13.8. The summed E-state index contributed by atoms with van der Waals surface area (Å²) in [5.74, 6) is 0.609. The predicted molar refractivity (Wildman–Crippen MR) is 86.8 cm³/mol. The number of aryl methyl sites for hydroxylation is 2.